The Morgan fingerprint density at radius 2 is 1.75 bits per heavy atom. The zero-order valence-corrected chi connectivity index (χ0v) is 11.2. The lowest BCUT2D eigenvalue weighted by Gasteiger charge is -2.18. The van der Waals surface area contributed by atoms with E-state index in [0.717, 1.165) is 17.1 Å². The quantitative estimate of drug-likeness (QED) is 0.788. The van der Waals surface area contributed by atoms with Crippen molar-refractivity contribution in [3.05, 3.63) is 27.4 Å². The molecule has 3 nitrogen and oxygen atoms in total. The van der Waals surface area contributed by atoms with E-state index in [0.29, 0.717) is 12.5 Å². The van der Waals surface area contributed by atoms with Crippen LogP contribution in [-0.2, 0) is 6.54 Å². The van der Waals surface area contributed by atoms with Crippen molar-refractivity contribution in [1.82, 2.24) is 9.55 Å². The fourth-order valence-corrected chi connectivity index (χ4v) is 2.05. The van der Waals surface area contributed by atoms with Gasteiger partial charge in [-0.3, -0.25) is 9.36 Å². The number of nitrogens with zero attached hydrogens (tertiary/aromatic N) is 2. The molecule has 0 aliphatic carbocycles. The first-order valence-corrected chi connectivity index (χ1v) is 6.01. The van der Waals surface area contributed by atoms with Crippen molar-refractivity contribution in [2.45, 2.75) is 59.9 Å². The van der Waals surface area contributed by atoms with Crippen LogP contribution in [0.4, 0.5) is 0 Å². The van der Waals surface area contributed by atoms with Crippen molar-refractivity contribution in [2.24, 2.45) is 0 Å². The summed E-state index contributed by atoms with van der Waals surface area (Å²) >= 11 is 0. The Hall–Kier alpha value is -1.12. The van der Waals surface area contributed by atoms with Crippen LogP contribution in [0, 0.1) is 6.92 Å². The maximum atomic E-state index is 12.3. The summed E-state index contributed by atoms with van der Waals surface area (Å²) in [4.78, 5) is 16.9. The first-order chi connectivity index (χ1) is 7.40. The van der Waals surface area contributed by atoms with E-state index in [2.05, 4.69) is 32.7 Å². The molecule has 0 N–H and O–H groups in total. The van der Waals surface area contributed by atoms with Gasteiger partial charge in [-0.15, -0.1) is 0 Å². The largest absolute Gasteiger partial charge is 0.297 e. The zero-order chi connectivity index (χ0) is 12.5. The molecule has 1 aromatic heterocycles. The second-order valence-corrected chi connectivity index (χ2v) is 4.82. The van der Waals surface area contributed by atoms with Crippen LogP contribution in [0.2, 0.25) is 0 Å². The Kier molecular flexibility index (Phi) is 3.89. The summed E-state index contributed by atoms with van der Waals surface area (Å²) in [6.45, 7) is 12.9. The lowest BCUT2D eigenvalue weighted by molar-refractivity contribution is 0.623. The minimum absolute atomic E-state index is 0.133. The SMILES string of the molecule is CCn1c(C)nc(C(C)C)c(C(C)C)c1=O. The molecular weight excluding hydrogens is 200 g/mol. The summed E-state index contributed by atoms with van der Waals surface area (Å²) in [5.74, 6) is 1.35. The molecular formula is C13H22N2O. The Morgan fingerprint density at radius 3 is 2.12 bits per heavy atom. The maximum Gasteiger partial charge on any atom is 0.257 e. The number of hydrogen-bond donors (Lipinski definition) is 0. The molecule has 0 aliphatic heterocycles. The topological polar surface area (TPSA) is 34.9 Å². The van der Waals surface area contributed by atoms with Crippen molar-refractivity contribution < 1.29 is 0 Å². The first-order valence-electron chi connectivity index (χ1n) is 6.01. The van der Waals surface area contributed by atoms with Gasteiger partial charge in [0, 0.05) is 12.1 Å². The summed E-state index contributed by atoms with van der Waals surface area (Å²) in [6, 6.07) is 0. The molecule has 0 aromatic carbocycles. The normalized spacial score (nSPS) is 11.5. The average Bonchev–Trinajstić information content (AvgIpc) is 2.16. The summed E-state index contributed by atoms with van der Waals surface area (Å²) in [6.07, 6.45) is 0. The Balaban J connectivity index is 3.60. The second kappa shape index (κ2) is 4.81. The highest BCUT2D eigenvalue weighted by atomic mass is 16.1. The molecule has 90 valence electrons. The summed E-state index contributed by atoms with van der Waals surface area (Å²) in [5, 5.41) is 0. The van der Waals surface area contributed by atoms with Gasteiger partial charge in [0.25, 0.3) is 5.56 Å². The van der Waals surface area contributed by atoms with Crippen molar-refractivity contribution in [3.63, 3.8) is 0 Å². The Bertz CT molecular complexity index is 430. The van der Waals surface area contributed by atoms with Gasteiger partial charge >= 0.3 is 0 Å². The van der Waals surface area contributed by atoms with Gasteiger partial charge in [-0.2, -0.15) is 0 Å². The summed E-state index contributed by atoms with van der Waals surface area (Å²) in [5.41, 5.74) is 1.97. The van der Waals surface area contributed by atoms with Gasteiger partial charge in [-0.25, -0.2) is 4.98 Å². The van der Waals surface area contributed by atoms with Gasteiger partial charge in [0.2, 0.25) is 0 Å². The lowest BCUT2D eigenvalue weighted by Crippen LogP contribution is -2.29. The van der Waals surface area contributed by atoms with Crippen LogP contribution < -0.4 is 5.56 Å². The Labute approximate surface area is 97.5 Å². The number of aromatic nitrogens is 2. The molecule has 0 saturated heterocycles. The smallest absolute Gasteiger partial charge is 0.257 e. The number of aryl methyl sites for hydroxylation is 1. The van der Waals surface area contributed by atoms with Gasteiger partial charge in [-0.05, 0) is 25.7 Å². The predicted molar refractivity (Wildman–Crippen MR) is 67.1 cm³/mol. The van der Waals surface area contributed by atoms with Crippen LogP contribution in [0.5, 0.6) is 0 Å². The fourth-order valence-electron chi connectivity index (χ4n) is 2.05. The molecule has 1 heterocycles. The molecule has 16 heavy (non-hydrogen) atoms. The molecule has 0 saturated carbocycles. The molecule has 0 radical (unpaired) electrons. The van der Waals surface area contributed by atoms with E-state index in [9.17, 15) is 4.79 Å². The second-order valence-electron chi connectivity index (χ2n) is 4.82. The highest BCUT2D eigenvalue weighted by molar-refractivity contribution is 5.24. The van der Waals surface area contributed by atoms with Crippen LogP contribution in [0.25, 0.3) is 0 Å². The molecule has 0 amide bonds. The van der Waals surface area contributed by atoms with Gasteiger partial charge < -0.3 is 0 Å². The van der Waals surface area contributed by atoms with Crippen LogP contribution in [0.15, 0.2) is 4.79 Å². The van der Waals surface area contributed by atoms with Crippen LogP contribution in [0.1, 0.15) is 63.5 Å². The van der Waals surface area contributed by atoms with E-state index >= 15 is 0 Å². The van der Waals surface area contributed by atoms with Crippen LogP contribution in [0.3, 0.4) is 0 Å². The van der Waals surface area contributed by atoms with Crippen molar-refractivity contribution >= 4 is 0 Å². The first kappa shape index (κ1) is 12.9. The fraction of sp³-hybridized carbons (Fsp3) is 0.692. The maximum absolute atomic E-state index is 12.3. The van der Waals surface area contributed by atoms with E-state index in [-0.39, 0.29) is 11.5 Å². The number of rotatable bonds is 3. The van der Waals surface area contributed by atoms with Gasteiger partial charge in [-0.1, -0.05) is 27.7 Å². The van der Waals surface area contributed by atoms with Crippen molar-refractivity contribution in [2.75, 3.05) is 0 Å². The van der Waals surface area contributed by atoms with E-state index in [1.807, 2.05) is 13.8 Å². The standard InChI is InChI=1S/C13H22N2O/c1-7-15-10(6)14-12(9(4)5)11(8(2)3)13(15)16/h8-9H,7H2,1-6H3. The van der Waals surface area contributed by atoms with E-state index in [4.69, 9.17) is 0 Å². The number of hydrogen-bond acceptors (Lipinski definition) is 2. The third-order valence-electron chi connectivity index (χ3n) is 2.86. The molecule has 0 fully saturated rings. The average molecular weight is 222 g/mol. The molecule has 0 spiro atoms. The molecule has 0 atom stereocenters. The minimum Gasteiger partial charge on any atom is -0.297 e. The molecule has 0 aliphatic rings. The predicted octanol–water partition coefficient (Wildman–Crippen LogP) is 2.82. The summed E-state index contributed by atoms with van der Waals surface area (Å²) < 4.78 is 1.75. The van der Waals surface area contributed by atoms with E-state index in [1.54, 1.807) is 4.57 Å². The molecule has 1 aromatic rings. The van der Waals surface area contributed by atoms with Crippen molar-refractivity contribution in [3.8, 4) is 0 Å². The highest BCUT2D eigenvalue weighted by Crippen LogP contribution is 2.21. The van der Waals surface area contributed by atoms with Crippen LogP contribution in [-0.4, -0.2) is 9.55 Å². The van der Waals surface area contributed by atoms with E-state index < -0.39 is 0 Å². The van der Waals surface area contributed by atoms with Gasteiger partial charge in [0.05, 0.1) is 5.69 Å². The summed E-state index contributed by atoms with van der Waals surface area (Å²) in [7, 11) is 0. The third-order valence-corrected chi connectivity index (χ3v) is 2.86. The Morgan fingerprint density at radius 1 is 1.19 bits per heavy atom. The van der Waals surface area contributed by atoms with Crippen molar-refractivity contribution in [1.29, 1.82) is 0 Å². The lowest BCUT2D eigenvalue weighted by atomic mass is 9.96. The molecule has 0 bridgehead atoms. The highest BCUT2D eigenvalue weighted by Gasteiger charge is 2.18. The monoisotopic (exact) mass is 222 g/mol. The van der Waals surface area contributed by atoms with Crippen LogP contribution >= 0.6 is 0 Å². The third kappa shape index (κ3) is 2.18. The molecule has 1 rings (SSSR count). The van der Waals surface area contributed by atoms with Gasteiger partial charge in [0.1, 0.15) is 5.82 Å². The molecule has 3 heteroatoms. The molecule has 0 unspecified atom stereocenters. The zero-order valence-electron chi connectivity index (χ0n) is 11.2. The minimum atomic E-state index is 0.133. The van der Waals surface area contributed by atoms with Gasteiger partial charge in [0.15, 0.2) is 0 Å². The van der Waals surface area contributed by atoms with E-state index in [1.165, 1.54) is 0 Å².